The van der Waals surface area contributed by atoms with Crippen molar-refractivity contribution < 1.29 is 8.42 Å². The molecule has 0 spiro atoms. The van der Waals surface area contributed by atoms with Crippen LogP contribution in [0.4, 0.5) is 0 Å². The van der Waals surface area contributed by atoms with Gasteiger partial charge in [-0.05, 0) is 43.5 Å². The van der Waals surface area contributed by atoms with E-state index >= 15 is 0 Å². The molecule has 0 aromatic heterocycles. The topological polar surface area (TPSA) is 96.0 Å². The maximum Gasteiger partial charge on any atom is 0.240 e. The predicted molar refractivity (Wildman–Crippen MR) is 93.0 cm³/mol. The van der Waals surface area contributed by atoms with Gasteiger partial charge in [-0.25, -0.2) is 13.1 Å². The van der Waals surface area contributed by atoms with Gasteiger partial charge in [-0.3, -0.25) is 0 Å². The summed E-state index contributed by atoms with van der Waals surface area (Å²) < 4.78 is 27.5. The molecule has 0 radical (unpaired) electrons. The van der Waals surface area contributed by atoms with E-state index in [1.165, 1.54) is 31.0 Å². The van der Waals surface area contributed by atoms with E-state index in [0.29, 0.717) is 11.1 Å². The predicted octanol–water partition coefficient (Wildman–Crippen LogP) is 2.62. The van der Waals surface area contributed by atoms with Crippen LogP contribution in [0, 0.1) is 18.3 Å². The van der Waals surface area contributed by atoms with Crippen molar-refractivity contribution in [1.29, 1.82) is 5.26 Å². The molecular weight excluding hydrogens is 334 g/mol. The van der Waals surface area contributed by atoms with E-state index in [9.17, 15) is 8.42 Å². The molecule has 0 amide bonds. The normalized spacial score (nSPS) is 17.6. The second-order valence-corrected chi connectivity index (χ2v) is 7.96. The Labute approximate surface area is 144 Å². The molecule has 1 aliphatic carbocycles. The maximum absolute atomic E-state index is 12.4. The fraction of sp³-hybridized carbons (Fsp3) is 0.562. The van der Waals surface area contributed by atoms with E-state index in [-0.39, 0.29) is 23.8 Å². The number of aryl methyl sites for hydroxylation is 1. The molecule has 1 aromatic rings. The average Bonchev–Trinajstić information content (AvgIpc) is 2.71. The quantitative estimate of drug-likeness (QED) is 0.809. The second-order valence-electron chi connectivity index (χ2n) is 6.19. The van der Waals surface area contributed by atoms with E-state index in [0.717, 1.165) is 25.7 Å². The van der Waals surface area contributed by atoms with Crippen LogP contribution in [0.15, 0.2) is 23.1 Å². The number of rotatable bonds is 4. The number of hydrogen-bond acceptors (Lipinski definition) is 4. The number of nitrogens with two attached hydrogens (primary N) is 1. The van der Waals surface area contributed by atoms with Gasteiger partial charge >= 0.3 is 0 Å². The zero-order valence-electron chi connectivity index (χ0n) is 13.3. The van der Waals surface area contributed by atoms with Crippen LogP contribution in [0.2, 0.25) is 0 Å². The maximum atomic E-state index is 12.4. The summed E-state index contributed by atoms with van der Waals surface area (Å²) in [7, 11) is -3.60. The van der Waals surface area contributed by atoms with E-state index in [2.05, 4.69) is 4.72 Å². The lowest BCUT2D eigenvalue weighted by molar-refractivity contribution is 0.369. The van der Waals surface area contributed by atoms with Crippen molar-refractivity contribution >= 4 is 22.4 Å². The lowest BCUT2D eigenvalue weighted by Crippen LogP contribution is -2.49. The molecule has 1 aliphatic rings. The van der Waals surface area contributed by atoms with Crippen LogP contribution in [0.1, 0.15) is 49.7 Å². The highest BCUT2D eigenvalue weighted by molar-refractivity contribution is 7.89. The minimum Gasteiger partial charge on any atom is -0.324 e. The van der Waals surface area contributed by atoms with Crippen molar-refractivity contribution in [2.75, 3.05) is 6.54 Å². The van der Waals surface area contributed by atoms with E-state index < -0.39 is 15.6 Å². The second kappa shape index (κ2) is 8.11. The highest BCUT2D eigenvalue weighted by Crippen LogP contribution is 2.25. The summed E-state index contributed by atoms with van der Waals surface area (Å²) in [5.74, 6) is 0. The molecule has 7 heteroatoms. The van der Waals surface area contributed by atoms with Crippen LogP contribution >= 0.6 is 12.4 Å². The Bertz CT molecular complexity index is 675. The summed E-state index contributed by atoms with van der Waals surface area (Å²) in [6.07, 6.45) is 6.13. The van der Waals surface area contributed by atoms with Gasteiger partial charge < -0.3 is 5.73 Å². The summed E-state index contributed by atoms with van der Waals surface area (Å²) in [5.41, 5.74) is 7.04. The van der Waals surface area contributed by atoms with Gasteiger partial charge in [-0.15, -0.1) is 12.4 Å². The molecule has 23 heavy (non-hydrogen) atoms. The van der Waals surface area contributed by atoms with Gasteiger partial charge in [0, 0.05) is 12.1 Å². The minimum absolute atomic E-state index is 0. The number of nitrogens with zero attached hydrogens (tertiary/aromatic N) is 1. The average molecular weight is 358 g/mol. The molecule has 1 saturated carbocycles. The molecule has 1 fully saturated rings. The molecule has 128 valence electrons. The third-order valence-electron chi connectivity index (χ3n) is 4.34. The molecule has 2 rings (SSSR count). The van der Waals surface area contributed by atoms with Crippen molar-refractivity contribution in [2.24, 2.45) is 5.73 Å². The number of nitriles is 1. The number of nitrogens with one attached hydrogen (secondary N) is 1. The Morgan fingerprint density at radius 1 is 1.26 bits per heavy atom. The van der Waals surface area contributed by atoms with Gasteiger partial charge in [0.25, 0.3) is 0 Å². The Morgan fingerprint density at radius 2 is 1.87 bits per heavy atom. The Balaban J connectivity index is 0.00000264. The van der Waals surface area contributed by atoms with Gasteiger partial charge in [0.1, 0.15) is 0 Å². The van der Waals surface area contributed by atoms with Crippen LogP contribution in [0.3, 0.4) is 0 Å². The van der Waals surface area contributed by atoms with Crippen LogP contribution in [-0.2, 0) is 10.0 Å². The van der Waals surface area contributed by atoms with Crippen LogP contribution in [0.25, 0.3) is 0 Å². The van der Waals surface area contributed by atoms with Gasteiger partial charge in [0.05, 0.1) is 16.5 Å². The first-order valence-corrected chi connectivity index (χ1v) is 9.14. The fourth-order valence-corrected chi connectivity index (χ4v) is 4.08. The van der Waals surface area contributed by atoms with Gasteiger partial charge in [0.2, 0.25) is 10.0 Å². The highest BCUT2D eigenvalue weighted by Gasteiger charge is 2.28. The largest absolute Gasteiger partial charge is 0.324 e. The summed E-state index contributed by atoms with van der Waals surface area (Å²) in [5, 5.41) is 8.91. The number of halogens is 1. The number of sulfonamides is 1. The van der Waals surface area contributed by atoms with Crippen molar-refractivity contribution in [3.63, 3.8) is 0 Å². The fourth-order valence-electron chi connectivity index (χ4n) is 2.86. The van der Waals surface area contributed by atoms with Crippen LogP contribution in [-0.4, -0.2) is 20.5 Å². The van der Waals surface area contributed by atoms with Gasteiger partial charge in [0.15, 0.2) is 0 Å². The van der Waals surface area contributed by atoms with Gasteiger partial charge in [-0.1, -0.05) is 25.7 Å². The van der Waals surface area contributed by atoms with Crippen LogP contribution < -0.4 is 10.5 Å². The summed E-state index contributed by atoms with van der Waals surface area (Å²) in [6, 6.07) is 6.56. The molecule has 0 bridgehead atoms. The molecule has 0 unspecified atom stereocenters. The molecule has 3 N–H and O–H groups in total. The zero-order chi connectivity index (χ0) is 16.2. The summed E-state index contributed by atoms with van der Waals surface area (Å²) in [4.78, 5) is 0.182. The summed E-state index contributed by atoms with van der Waals surface area (Å²) >= 11 is 0. The molecule has 1 aromatic carbocycles. The molecule has 0 saturated heterocycles. The number of hydrogen-bond donors (Lipinski definition) is 2. The molecule has 0 atom stereocenters. The third kappa shape index (κ3) is 5.18. The molecular formula is C16H24ClN3O2S. The number of benzene rings is 1. The van der Waals surface area contributed by atoms with Gasteiger partial charge in [-0.2, -0.15) is 5.26 Å². The minimum atomic E-state index is -3.60. The zero-order valence-corrected chi connectivity index (χ0v) is 15.0. The van der Waals surface area contributed by atoms with E-state index in [1.54, 1.807) is 6.92 Å². The van der Waals surface area contributed by atoms with Crippen molar-refractivity contribution in [1.82, 2.24) is 4.72 Å². The first-order chi connectivity index (χ1) is 10.4. The molecule has 0 heterocycles. The standard InChI is InChI=1S/C16H23N3O2S.ClH/c1-13-10-15(7-6-14(13)11-17)22(20,21)19-12-16(18)8-4-2-3-5-9-16;/h6-7,10,19H,2-5,8-9,12,18H2,1H3;1H. The van der Waals surface area contributed by atoms with Crippen molar-refractivity contribution in [3.05, 3.63) is 29.3 Å². The Hall–Kier alpha value is -1.13. The molecule has 0 aliphatic heterocycles. The van der Waals surface area contributed by atoms with E-state index in [1.807, 2.05) is 6.07 Å². The lowest BCUT2D eigenvalue weighted by atomic mass is 9.92. The summed E-state index contributed by atoms with van der Waals surface area (Å²) in [6.45, 7) is 1.99. The lowest BCUT2D eigenvalue weighted by Gasteiger charge is -2.28. The first-order valence-electron chi connectivity index (χ1n) is 7.66. The van der Waals surface area contributed by atoms with E-state index in [4.69, 9.17) is 11.0 Å². The molecule has 5 nitrogen and oxygen atoms in total. The first kappa shape index (κ1) is 19.9. The third-order valence-corrected chi connectivity index (χ3v) is 5.74. The van der Waals surface area contributed by atoms with Crippen LogP contribution in [0.5, 0.6) is 0 Å². The van der Waals surface area contributed by atoms with Crippen molar-refractivity contribution in [3.8, 4) is 6.07 Å². The Morgan fingerprint density at radius 3 is 2.39 bits per heavy atom. The smallest absolute Gasteiger partial charge is 0.240 e. The SMILES string of the molecule is Cc1cc(S(=O)(=O)NCC2(N)CCCCCC2)ccc1C#N.Cl. The van der Waals surface area contributed by atoms with Crippen molar-refractivity contribution in [2.45, 2.75) is 55.9 Å². The monoisotopic (exact) mass is 357 g/mol. The highest BCUT2D eigenvalue weighted by atomic mass is 35.5. The Kier molecular flexibility index (Phi) is 7.02.